The average molecular weight is 386 g/mol. The number of carbonyl (C=O) groups excluding carboxylic acids is 3. The van der Waals surface area contributed by atoms with Gasteiger partial charge in [-0.05, 0) is 49.4 Å². The van der Waals surface area contributed by atoms with Crippen LogP contribution >= 0.6 is 0 Å². The summed E-state index contributed by atoms with van der Waals surface area (Å²) < 4.78 is 0. The van der Waals surface area contributed by atoms with Crippen LogP contribution in [0.15, 0.2) is 24.3 Å². The van der Waals surface area contributed by atoms with Crippen molar-refractivity contribution in [2.45, 2.75) is 57.8 Å². The van der Waals surface area contributed by atoms with Crippen LogP contribution in [0.3, 0.4) is 0 Å². The zero-order valence-corrected chi connectivity index (χ0v) is 16.5. The Balaban J connectivity index is 1.29. The monoisotopic (exact) mass is 385 g/mol. The molecule has 0 heterocycles. The minimum Gasteiger partial charge on any atom is -0.354 e. The van der Waals surface area contributed by atoms with Crippen molar-refractivity contribution in [2.75, 3.05) is 18.4 Å². The number of nitrogens with one attached hydrogen (secondary N) is 3. The summed E-state index contributed by atoms with van der Waals surface area (Å²) in [6.45, 7) is 0.832. The number of amides is 3. The van der Waals surface area contributed by atoms with Crippen LogP contribution in [0, 0.1) is 11.8 Å². The summed E-state index contributed by atoms with van der Waals surface area (Å²) in [5.74, 6) is 0.792. The highest BCUT2D eigenvalue weighted by Gasteiger charge is 2.29. The van der Waals surface area contributed by atoms with E-state index in [2.05, 4.69) is 16.0 Å². The van der Waals surface area contributed by atoms with Crippen LogP contribution in [0.5, 0.6) is 0 Å². The molecule has 28 heavy (non-hydrogen) atoms. The van der Waals surface area contributed by atoms with Gasteiger partial charge in [-0.3, -0.25) is 14.4 Å². The molecule has 2 aliphatic carbocycles. The molecule has 0 atom stereocenters. The van der Waals surface area contributed by atoms with Gasteiger partial charge in [0.25, 0.3) is 5.91 Å². The molecule has 0 radical (unpaired) electrons. The van der Waals surface area contributed by atoms with E-state index < -0.39 is 0 Å². The molecule has 2 fully saturated rings. The molecular weight excluding hydrogens is 354 g/mol. The number of anilines is 1. The maximum Gasteiger partial charge on any atom is 0.251 e. The summed E-state index contributed by atoms with van der Waals surface area (Å²) in [5, 5.41) is 8.53. The third-order valence-electron chi connectivity index (χ3n) is 5.60. The van der Waals surface area contributed by atoms with Crippen LogP contribution in [-0.4, -0.2) is 30.8 Å². The first kappa shape index (κ1) is 20.4. The fourth-order valence-corrected chi connectivity index (χ4v) is 3.67. The van der Waals surface area contributed by atoms with Crippen LogP contribution in [0.1, 0.15) is 68.1 Å². The first-order valence-corrected chi connectivity index (χ1v) is 10.6. The van der Waals surface area contributed by atoms with Gasteiger partial charge in [0.2, 0.25) is 11.8 Å². The Hall–Kier alpha value is -2.37. The highest BCUT2D eigenvalue weighted by molar-refractivity contribution is 5.96. The highest BCUT2D eigenvalue weighted by Crippen LogP contribution is 2.30. The van der Waals surface area contributed by atoms with Crippen molar-refractivity contribution in [2.24, 2.45) is 11.8 Å². The van der Waals surface area contributed by atoms with Crippen LogP contribution < -0.4 is 16.0 Å². The first-order valence-electron chi connectivity index (χ1n) is 10.6. The standard InChI is InChI=1S/C22H31N3O3/c26-20(13-6-16-4-2-1-3-5-16)23-14-15-24-21(27)17-9-11-19(12-10-17)25-22(28)18-7-8-18/h9-12,16,18H,1-8,13-15H2,(H,23,26)(H,24,27)(H,25,28). The Morgan fingerprint density at radius 2 is 1.54 bits per heavy atom. The molecule has 0 spiro atoms. The molecule has 3 amide bonds. The number of benzene rings is 1. The molecule has 2 saturated carbocycles. The van der Waals surface area contributed by atoms with E-state index >= 15 is 0 Å². The minimum atomic E-state index is -0.184. The number of carbonyl (C=O) groups is 3. The molecule has 1 aromatic rings. The van der Waals surface area contributed by atoms with Gasteiger partial charge in [-0.2, -0.15) is 0 Å². The van der Waals surface area contributed by atoms with E-state index in [0.29, 0.717) is 36.7 Å². The van der Waals surface area contributed by atoms with Crippen molar-refractivity contribution in [3.63, 3.8) is 0 Å². The van der Waals surface area contributed by atoms with E-state index in [9.17, 15) is 14.4 Å². The third-order valence-corrected chi connectivity index (χ3v) is 5.60. The number of rotatable bonds is 9. The summed E-state index contributed by atoms with van der Waals surface area (Å²) in [7, 11) is 0. The normalized spacial score (nSPS) is 17.0. The van der Waals surface area contributed by atoms with Crippen molar-refractivity contribution < 1.29 is 14.4 Å². The lowest BCUT2D eigenvalue weighted by molar-refractivity contribution is -0.121. The van der Waals surface area contributed by atoms with Gasteiger partial charge in [0, 0.05) is 36.7 Å². The van der Waals surface area contributed by atoms with E-state index in [1.165, 1.54) is 32.1 Å². The zero-order chi connectivity index (χ0) is 19.8. The SMILES string of the molecule is O=C(CCC1CCCCC1)NCCNC(=O)c1ccc(NC(=O)C2CC2)cc1. The van der Waals surface area contributed by atoms with Gasteiger partial charge in [-0.1, -0.05) is 32.1 Å². The molecule has 152 valence electrons. The lowest BCUT2D eigenvalue weighted by atomic mass is 9.86. The molecule has 0 bridgehead atoms. The molecule has 0 aromatic heterocycles. The average Bonchev–Trinajstić information content (AvgIpc) is 3.56. The Labute approximate surface area is 166 Å². The molecule has 0 saturated heterocycles. The molecule has 3 rings (SSSR count). The van der Waals surface area contributed by atoms with E-state index in [4.69, 9.17) is 0 Å². The van der Waals surface area contributed by atoms with E-state index in [0.717, 1.165) is 19.3 Å². The van der Waals surface area contributed by atoms with Gasteiger partial charge in [0.05, 0.1) is 0 Å². The molecule has 0 aliphatic heterocycles. The maximum atomic E-state index is 12.2. The smallest absolute Gasteiger partial charge is 0.251 e. The van der Waals surface area contributed by atoms with Crippen molar-refractivity contribution in [3.05, 3.63) is 29.8 Å². The van der Waals surface area contributed by atoms with Crippen molar-refractivity contribution in [3.8, 4) is 0 Å². The number of hydrogen-bond acceptors (Lipinski definition) is 3. The Bertz CT molecular complexity index is 677. The fourth-order valence-electron chi connectivity index (χ4n) is 3.67. The maximum absolute atomic E-state index is 12.2. The van der Waals surface area contributed by atoms with Gasteiger partial charge in [-0.25, -0.2) is 0 Å². The molecule has 3 N–H and O–H groups in total. The van der Waals surface area contributed by atoms with Crippen molar-refractivity contribution in [1.29, 1.82) is 0 Å². The van der Waals surface area contributed by atoms with Crippen molar-refractivity contribution in [1.82, 2.24) is 10.6 Å². The quantitative estimate of drug-likeness (QED) is 0.570. The highest BCUT2D eigenvalue weighted by atomic mass is 16.2. The van der Waals surface area contributed by atoms with Crippen LogP contribution in [-0.2, 0) is 9.59 Å². The van der Waals surface area contributed by atoms with E-state index in [1.54, 1.807) is 24.3 Å². The van der Waals surface area contributed by atoms with E-state index in [1.807, 2.05) is 0 Å². The number of hydrogen-bond donors (Lipinski definition) is 3. The first-order chi connectivity index (χ1) is 13.6. The fraction of sp³-hybridized carbons (Fsp3) is 0.591. The Morgan fingerprint density at radius 3 is 2.21 bits per heavy atom. The second kappa shape index (κ2) is 10.2. The van der Waals surface area contributed by atoms with E-state index in [-0.39, 0.29) is 23.6 Å². The molecule has 0 unspecified atom stereocenters. The summed E-state index contributed by atoms with van der Waals surface area (Å²) >= 11 is 0. The molecule has 6 heteroatoms. The Morgan fingerprint density at radius 1 is 0.857 bits per heavy atom. The molecule has 2 aliphatic rings. The summed E-state index contributed by atoms with van der Waals surface area (Å²) in [4.78, 5) is 35.8. The summed E-state index contributed by atoms with van der Waals surface area (Å²) in [5.41, 5.74) is 1.24. The second-order valence-electron chi connectivity index (χ2n) is 7.99. The largest absolute Gasteiger partial charge is 0.354 e. The van der Waals surface area contributed by atoms with Gasteiger partial charge in [-0.15, -0.1) is 0 Å². The minimum absolute atomic E-state index is 0.0522. The summed E-state index contributed by atoms with van der Waals surface area (Å²) in [6, 6.07) is 6.87. The lowest BCUT2D eigenvalue weighted by Gasteiger charge is -2.20. The van der Waals surface area contributed by atoms with Gasteiger partial charge < -0.3 is 16.0 Å². The van der Waals surface area contributed by atoms with Crippen LogP contribution in [0.2, 0.25) is 0 Å². The lowest BCUT2D eigenvalue weighted by Crippen LogP contribution is -2.34. The molecule has 6 nitrogen and oxygen atoms in total. The van der Waals surface area contributed by atoms with Gasteiger partial charge in [0.15, 0.2) is 0 Å². The summed E-state index contributed by atoms with van der Waals surface area (Å²) in [6.07, 6.45) is 9.92. The van der Waals surface area contributed by atoms with Crippen LogP contribution in [0.25, 0.3) is 0 Å². The second-order valence-corrected chi connectivity index (χ2v) is 7.99. The predicted molar refractivity (Wildman–Crippen MR) is 109 cm³/mol. The zero-order valence-electron chi connectivity index (χ0n) is 16.5. The Kier molecular flexibility index (Phi) is 7.46. The molecular formula is C22H31N3O3. The van der Waals surface area contributed by atoms with Gasteiger partial charge in [0.1, 0.15) is 0 Å². The van der Waals surface area contributed by atoms with Crippen molar-refractivity contribution >= 4 is 23.4 Å². The predicted octanol–water partition coefficient (Wildman–Crippen LogP) is 3.24. The third kappa shape index (κ3) is 6.66. The topological polar surface area (TPSA) is 87.3 Å². The van der Waals surface area contributed by atoms with Gasteiger partial charge >= 0.3 is 0 Å². The molecule has 1 aromatic carbocycles. The van der Waals surface area contributed by atoms with Crippen LogP contribution in [0.4, 0.5) is 5.69 Å².